The zero-order valence-electron chi connectivity index (χ0n) is 6.91. The van der Waals surface area contributed by atoms with Crippen molar-refractivity contribution < 1.29 is 4.74 Å². The molecule has 0 fully saturated rings. The van der Waals surface area contributed by atoms with Gasteiger partial charge >= 0.3 is 0 Å². The number of halogens is 1. The van der Waals surface area contributed by atoms with E-state index in [9.17, 15) is 0 Å². The number of hydrogen-bond donors (Lipinski definition) is 1. The van der Waals surface area contributed by atoms with Gasteiger partial charge in [-0.05, 0) is 32.0 Å². The van der Waals surface area contributed by atoms with Crippen LogP contribution in [-0.4, -0.2) is 18.8 Å². The maximum absolute atomic E-state index is 5.44. The van der Waals surface area contributed by atoms with Crippen molar-refractivity contribution in [3.8, 4) is 0 Å². The van der Waals surface area contributed by atoms with Gasteiger partial charge in [-0.15, -0.1) is 0 Å². The lowest BCUT2D eigenvalue weighted by Crippen LogP contribution is -2.37. The Kier molecular flexibility index (Phi) is 5.04. The highest BCUT2D eigenvalue weighted by Gasteiger charge is 2.15. The summed E-state index contributed by atoms with van der Waals surface area (Å²) in [5.74, 6) is 0. The third kappa shape index (κ3) is 5.03. The highest BCUT2D eigenvalue weighted by Crippen LogP contribution is 2.03. The molecule has 1 N–H and O–H groups in total. The molecule has 0 aliphatic heterocycles. The maximum atomic E-state index is 5.44. The molecule has 3 heteroatoms. The highest BCUT2D eigenvalue weighted by atomic mass is 35.5. The lowest BCUT2D eigenvalue weighted by molar-refractivity contribution is 0.0922. The van der Waals surface area contributed by atoms with Crippen LogP contribution in [0, 0.1) is 0 Å². The van der Waals surface area contributed by atoms with E-state index in [1.54, 1.807) is 0 Å². The minimum atomic E-state index is -0.114. The molecule has 0 unspecified atom stereocenters. The summed E-state index contributed by atoms with van der Waals surface area (Å²) in [4.78, 5) is 2.65. The Morgan fingerprint density at radius 1 is 1.50 bits per heavy atom. The lowest BCUT2D eigenvalue weighted by atomic mass is 10.1. The molecule has 0 aliphatic carbocycles. The van der Waals surface area contributed by atoms with E-state index in [0.717, 1.165) is 13.0 Å². The summed E-state index contributed by atoms with van der Waals surface area (Å²) >= 11 is 5.44. The Balaban J connectivity index is 3.28. The first-order valence-electron chi connectivity index (χ1n) is 3.58. The molecule has 0 saturated carbocycles. The smallest absolute Gasteiger partial charge is 0.0655 e. The van der Waals surface area contributed by atoms with Gasteiger partial charge in [0, 0.05) is 6.61 Å². The van der Waals surface area contributed by atoms with Crippen LogP contribution in [0.15, 0.2) is 0 Å². The number of rotatable bonds is 5. The molecule has 0 amide bonds. The molecule has 0 saturated heterocycles. The van der Waals surface area contributed by atoms with Gasteiger partial charge < -0.3 is 4.74 Å². The van der Waals surface area contributed by atoms with Gasteiger partial charge in [-0.25, -0.2) is 4.84 Å². The topological polar surface area (TPSA) is 21.3 Å². The summed E-state index contributed by atoms with van der Waals surface area (Å²) in [5, 5.41) is 0. The predicted octanol–water partition coefficient (Wildman–Crippen LogP) is 1.93. The molecule has 62 valence electrons. The van der Waals surface area contributed by atoms with Crippen LogP contribution in [0.2, 0.25) is 0 Å². The second kappa shape index (κ2) is 4.94. The fourth-order valence-corrected chi connectivity index (χ4v) is 0.553. The van der Waals surface area contributed by atoms with Crippen LogP contribution in [-0.2, 0) is 4.74 Å². The second-order valence-electron chi connectivity index (χ2n) is 3.03. The van der Waals surface area contributed by atoms with Crippen LogP contribution in [0.25, 0.3) is 0 Å². The van der Waals surface area contributed by atoms with Crippen molar-refractivity contribution in [1.82, 2.24) is 4.84 Å². The van der Waals surface area contributed by atoms with Gasteiger partial charge in [0.15, 0.2) is 0 Å². The summed E-state index contributed by atoms with van der Waals surface area (Å²) in [6.45, 7) is 7.54. The van der Waals surface area contributed by atoms with Gasteiger partial charge in [0.1, 0.15) is 0 Å². The van der Waals surface area contributed by atoms with Gasteiger partial charge in [-0.1, -0.05) is 6.92 Å². The zero-order chi connectivity index (χ0) is 8.04. The first-order valence-corrected chi connectivity index (χ1v) is 3.95. The Labute approximate surface area is 68.0 Å². The van der Waals surface area contributed by atoms with E-state index in [2.05, 4.69) is 11.8 Å². The molecule has 10 heavy (non-hydrogen) atoms. The Morgan fingerprint density at radius 3 is 2.50 bits per heavy atom. The van der Waals surface area contributed by atoms with Crippen molar-refractivity contribution in [3.05, 3.63) is 0 Å². The largest absolute Gasteiger partial charge is 0.380 e. The minimum absolute atomic E-state index is 0.114. The molecule has 0 aromatic carbocycles. The molecule has 0 aromatic rings. The number of hydrogen-bond acceptors (Lipinski definition) is 2. The zero-order valence-corrected chi connectivity index (χ0v) is 7.66. The first kappa shape index (κ1) is 10.2. The fraction of sp³-hybridized carbons (Fsp3) is 1.00. The molecule has 0 aromatic heterocycles. The van der Waals surface area contributed by atoms with Crippen LogP contribution in [0.4, 0.5) is 0 Å². The van der Waals surface area contributed by atoms with Crippen LogP contribution < -0.4 is 4.84 Å². The monoisotopic (exact) mass is 165 g/mol. The maximum Gasteiger partial charge on any atom is 0.0655 e. The SMILES string of the molecule is CCCOCC(C)(C)NCl. The number of ether oxygens (including phenoxy) is 1. The van der Waals surface area contributed by atoms with E-state index in [1.165, 1.54) is 0 Å². The standard InChI is InChI=1S/C7H16ClNO/c1-4-5-10-6-7(2,3)9-8/h9H,4-6H2,1-3H3. The molecular formula is C7H16ClNO. The average Bonchev–Trinajstić information content (AvgIpc) is 1.89. The molecule has 0 radical (unpaired) electrons. The van der Waals surface area contributed by atoms with E-state index in [0.29, 0.717) is 6.61 Å². The predicted molar refractivity (Wildman–Crippen MR) is 44.2 cm³/mol. The molecule has 0 spiro atoms. The molecule has 0 heterocycles. The third-order valence-corrected chi connectivity index (χ3v) is 1.58. The quantitative estimate of drug-likeness (QED) is 0.497. The molecule has 0 aliphatic rings. The van der Waals surface area contributed by atoms with Crippen LogP contribution in [0.3, 0.4) is 0 Å². The highest BCUT2D eigenvalue weighted by molar-refractivity contribution is 6.13. The molecular weight excluding hydrogens is 150 g/mol. The van der Waals surface area contributed by atoms with Crippen molar-refractivity contribution in [2.45, 2.75) is 32.7 Å². The number of nitrogens with one attached hydrogen (secondary N) is 1. The van der Waals surface area contributed by atoms with Crippen molar-refractivity contribution in [2.24, 2.45) is 0 Å². The normalized spacial score (nSPS) is 12.0. The van der Waals surface area contributed by atoms with Gasteiger partial charge in [-0.3, -0.25) is 0 Å². The Hall–Kier alpha value is 0.210. The van der Waals surface area contributed by atoms with Crippen molar-refractivity contribution in [3.63, 3.8) is 0 Å². The van der Waals surface area contributed by atoms with Gasteiger partial charge in [0.25, 0.3) is 0 Å². The second-order valence-corrected chi connectivity index (χ2v) is 3.22. The van der Waals surface area contributed by atoms with Gasteiger partial charge in [0.05, 0.1) is 12.1 Å². The average molecular weight is 166 g/mol. The van der Waals surface area contributed by atoms with E-state index in [-0.39, 0.29) is 5.54 Å². The molecule has 2 nitrogen and oxygen atoms in total. The van der Waals surface area contributed by atoms with Crippen molar-refractivity contribution in [2.75, 3.05) is 13.2 Å². The summed E-state index contributed by atoms with van der Waals surface area (Å²) in [5.41, 5.74) is -0.114. The van der Waals surface area contributed by atoms with E-state index in [4.69, 9.17) is 16.5 Å². The van der Waals surface area contributed by atoms with Gasteiger partial charge in [-0.2, -0.15) is 0 Å². The summed E-state index contributed by atoms with van der Waals surface area (Å²) in [6, 6.07) is 0. The van der Waals surface area contributed by atoms with E-state index < -0.39 is 0 Å². The molecule has 0 rings (SSSR count). The van der Waals surface area contributed by atoms with Crippen LogP contribution in [0.1, 0.15) is 27.2 Å². The van der Waals surface area contributed by atoms with E-state index in [1.807, 2.05) is 13.8 Å². The fourth-order valence-electron chi connectivity index (χ4n) is 0.499. The minimum Gasteiger partial charge on any atom is -0.380 e. The Bertz CT molecular complexity index is 85.7. The first-order chi connectivity index (χ1) is 4.62. The summed E-state index contributed by atoms with van der Waals surface area (Å²) in [6.07, 6.45) is 1.05. The lowest BCUT2D eigenvalue weighted by Gasteiger charge is -2.21. The van der Waals surface area contributed by atoms with Crippen molar-refractivity contribution in [1.29, 1.82) is 0 Å². The van der Waals surface area contributed by atoms with Crippen LogP contribution >= 0.6 is 11.8 Å². The molecule has 0 bridgehead atoms. The van der Waals surface area contributed by atoms with Gasteiger partial charge in [0.2, 0.25) is 0 Å². The van der Waals surface area contributed by atoms with Crippen molar-refractivity contribution >= 4 is 11.8 Å². The Morgan fingerprint density at radius 2 is 2.10 bits per heavy atom. The summed E-state index contributed by atoms with van der Waals surface area (Å²) < 4.78 is 5.29. The molecule has 0 atom stereocenters. The van der Waals surface area contributed by atoms with E-state index >= 15 is 0 Å². The third-order valence-electron chi connectivity index (χ3n) is 1.07. The van der Waals surface area contributed by atoms with Crippen LogP contribution in [0.5, 0.6) is 0 Å². The summed E-state index contributed by atoms with van der Waals surface area (Å²) in [7, 11) is 0.